The third kappa shape index (κ3) is 4.96. The van der Waals surface area contributed by atoms with Crippen LogP contribution in [0.1, 0.15) is 9.67 Å². The predicted molar refractivity (Wildman–Crippen MR) is 131 cm³/mol. The lowest BCUT2D eigenvalue weighted by molar-refractivity contribution is 0.0606. The summed E-state index contributed by atoms with van der Waals surface area (Å²) >= 11 is 13.0. The van der Waals surface area contributed by atoms with Crippen LogP contribution in [0, 0.1) is 0 Å². The van der Waals surface area contributed by atoms with E-state index >= 15 is 0 Å². The van der Waals surface area contributed by atoms with Crippen molar-refractivity contribution in [2.24, 2.45) is 0 Å². The summed E-state index contributed by atoms with van der Waals surface area (Å²) in [6.45, 7) is 0. The number of fused-ring (bicyclic) bond motifs is 1. The Kier molecular flexibility index (Phi) is 6.36. The van der Waals surface area contributed by atoms with Gasteiger partial charge in [-0.3, -0.25) is 0 Å². The third-order valence-electron chi connectivity index (χ3n) is 4.35. The molecule has 0 spiro atoms. The van der Waals surface area contributed by atoms with Gasteiger partial charge in [0.05, 0.1) is 12.1 Å². The van der Waals surface area contributed by atoms with Crippen LogP contribution in [0.5, 0.6) is 11.5 Å². The molecule has 0 aliphatic heterocycles. The fourth-order valence-corrected chi connectivity index (χ4v) is 4.59. The van der Waals surface area contributed by atoms with Crippen molar-refractivity contribution in [3.8, 4) is 11.5 Å². The average Bonchev–Trinajstić information content (AvgIpc) is 3.11. The Balaban J connectivity index is 1.41. The Bertz CT molecular complexity index is 1240. The molecule has 0 bridgehead atoms. The maximum atomic E-state index is 11.8. The number of ether oxygens (including phenoxy) is 2. The minimum atomic E-state index is -0.447. The number of carbonyl (C=O) groups is 1. The van der Waals surface area contributed by atoms with E-state index in [1.165, 1.54) is 18.4 Å². The summed E-state index contributed by atoms with van der Waals surface area (Å²) in [5, 5.41) is 7.92. The molecular formula is C23H17ClN2O3S2. The molecule has 0 atom stereocenters. The second-order valence-corrected chi connectivity index (χ2v) is 8.30. The number of thiophene rings is 1. The average molecular weight is 469 g/mol. The highest BCUT2D eigenvalue weighted by atomic mass is 35.5. The van der Waals surface area contributed by atoms with Crippen molar-refractivity contribution >= 4 is 67.7 Å². The lowest BCUT2D eigenvalue weighted by atomic mass is 10.2. The van der Waals surface area contributed by atoms with E-state index in [0.717, 1.165) is 33.0 Å². The van der Waals surface area contributed by atoms with Gasteiger partial charge in [-0.1, -0.05) is 29.8 Å². The zero-order valence-electron chi connectivity index (χ0n) is 16.3. The second-order valence-electron chi connectivity index (χ2n) is 6.47. The SMILES string of the molecule is COC(=O)c1sc2cc(NC(=S)Nc3ccc(Oc4ccccc4)cc3)ccc2c1Cl. The Morgan fingerprint density at radius 1 is 0.935 bits per heavy atom. The molecule has 156 valence electrons. The second kappa shape index (κ2) is 9.34. The van der Waals surface area contributed by atoms with Gasteiger partial charge >= 0.3 is 5.97 Å². The maximum absolute atomic E-state index is 11.8. The largest absolute Gasteiger partial charge is 0.465 e. The molecule has 3 aromatic carbocycles. The fraction of sp³-hybridized carbons (Fsp3) is 0.0435. The molecule has 0 radical (unpaired) electrons. The molecule has 0 unspecified atom stereocenters. The van der Waals surface area contributed by atoms with Crippen LogP contribution in [0.25, 0.3) is 10.1 Å². The van der Waals surface area contributed by atoms with Crippen LogP contribution in [0.2, 0.25) is 5.02 Å². The topological polar surface area (TPSA) is 59.6 Å². The molecule has 0 fully saturated rings. The first kappa shape index (κ1) is 21.1. The Morgan fingerprint density at radius 2 is 1.58 bits per heavy atom. The number of para-hydroxylation sites is 1. The highest BCUT2D eigenvalue weighted by molar-refractivity contribution is 7.80. The van der Waals surface area contributed by atoms with E-state index in [4.69, 9.17) is 33.3 Å². The molecule has 1 heterocycles. The monoisotopic (exact) mass is 468 g/mol. The first-order valence-electron chi connectivity index (χ1n) is 9.25. The van der Waals surface area contributed by atoms with Gasteiger partial charge in [-0.2, -0.15) is 0 Å². The van der Waals surface area contributed by atoms with Crippen LogP contribution in [-0.4, -0.2) is 18.2 Å². The van der Waals surface area contributed by atoms with Crippen molar-refractivity contribution in [3.63, 3.8) is 0 Å². The lowest BCUT2D eigenvalue weighted by Gasteiger charge is -2.11. The minimum Gasteiger partial charge on any atom is -0.465 e. The van der Waals surface area contributed by atoms with Crippen molar-refractivity contribution in [2.45, 2.75) is 0 Å². The van der Waals surface area contributed by atoms with Crippen molar-refractivity contribution in [1.82, 2.24) is 0 Å². The van der Waals surface area contributed by atoms with Gasteiger partial charge in [-0.15, -0.1) is 11.3 Å². The number of carbonyl (C=O) groups excluding carboxylic acids is 1. The summed E-state index contributed by atoms with van der Waals surface area (Å²) < 4.78 is 11.4. The van der Waals surface area contributed by atoms with E-state index in [0.29, 0.717) is 15.0 Å². The first-order chi connectivity index (χ1) is 15.0. The summed E-state index contributed by atoms with van der Waals surface area (Å²) in [5.74, 6) is 1.06. The summed E-state index contributed by atoms with van der Waals surface area (Å²) in [4.78, 5) is 12.2. The number of anilines is 2. The minimum absolute atomic E-state index is 0.384. The predicted octanol–water partition coefficient (Wildman–Crippen LogP) is 6.94. The molecule has 0 saturated heterocycles. The number of halogens is 1. The van der Waals surface area contributed by atoms with Gasteiger partial charge in [0, 0.05) is 21.5 Å². The Hall–Kier alpha value is -3.13. The summed E-state index contributed by atoms with van der Waals surface area (Å²) in [5.41, 5.74) is 1.61. The Labute approximate surface area is 193 Å². The molecule has 0 aliphatic carbocycles. The molecule has 0 amide bonds. The third-order valence-corrected chi connectivity index (χ3v) is 6.19. The van der Waals surface area contributed by atoms with Crippen molar-refractivity contribution in [2.75, 3.05) is 17.7 Å². The number of hydrogen-bond acceptors (Lipinski definition) is 5. The summed E-state index contributed by atoms with van der Waals surface area (Å²) in [7, 11) is 1.33. The number of thiocarbonyl (C=S) groups is 1. The zero-order chi connectivity index (χ0) is 21.8. The normalized spacial score (nSPS) is 10.5. The highest BCUT2D eigenvalue weighted by Gasteiger charge is 2.17. The molecule has 4 aromatic rings. The van der Waals surface area contributed by atoms with E-state index in [1.807, 2.05) is 72.8 Å². The van der Waals surface area contributed by atoms with Gasteiger partial charge in [-0.25, -0.2) is 4.79 Å². The van der Waals surface area contributed by atoms with Crippen molar-refractivity contribution in [3.05, 3.63) is 82.7 Å². The van der Waals surface area contributed by atoms with Crippen molar-refractivity contribution < 1.29 is 14.3 Å². The number of esters is 1. The van der Waals surface area contributed by atoms with E-state index in [1.54, 1.807) is 0 Å². The van der Waals surface area contributed by atoms with Gasteiger partial charge < -0.3 is 20.1 Å². The number of methoxy groups -OCH3 is 1. The summed E-state index contributed by atoms with van der Waals surface area (Å²) in [6, 6.07) is 22.7. The molecule has 0 saturated carbocycles. The van der Waals surface area contributed by atoms with Crippen LogP contribution >= 0.6 is 35.2 Å². The number of hydrogen-bond donors (Lipinski definition) is 2. The van der Waals surface area contributed by atoms with Crippen LogP contribution in [0.15, 0.2) is 72.8 Å². The Morgan fingerprint density at radius 3 is 2.29 bits per heavy atom. The molecule has 31 heavy (non-hydrogen) atoms. The molecule has 2 N–H and O–H groups in total. The molecular weight excluding hydrogens is 452 g/mol. The molecule has 8 heteroatoms. The molecule has 1 aromatic heterocycles. The van der Waals surface area contributed by atoms with E-state index in [2.05, 4.69) is 10.6 Å². The van der Waals surface area contributed by atoms with Gasteiger partial charge in [-0.05, 0) is 66.8 Å². The highest BCUT2D eigenvalue weighted by Crippen LogP contribution is 2.37. The maximum Gasteiger partial charge on any atom is 0.349 e. The van der Waals surface area contributed by atoms with E-state index in [9.17, 15) is 4.79 Å². The van der Waals surface area contributed by atoms with Crippen molar-refractivity contribution in [1.29, 1.82) is 0 Å². The van der Waals surface area contributed by atoms with Gasteiger partial charge in [0.1, 0.15) is 16.4 Å². The molecule has 0 aliphatic rings. The van der Waals surface area contributed by atoms with E-state index in [-0.39, 0.29) is 0 Å². The zero-order valence-corrected chi connectivity index (χ0v) is 18.7. The summed E-state index contributed by atoms with van der Waals surface area (Å²) in [6.07, 6.45) is 0. The standard InChI is InChI=1S/C23H17ClN2O3S2/c1-28-22(27)21-20(24)18-12-9-15(13-19(18)31-21)26-23(30)25-14-7-10-17(11-8-14)29-16-5-3-2-4-6-16/h2-13H,1H3,(H2,25,26,30). The van der Waals surface area contributed by atoms with E-state index < -0.39 is 5.97 Å². The molecule has 4 rings (SSSR count). The van der Waals surface area contributed by atoms with Gasteiger partial charge in [0.25, 0.3) is 0 Å². The number of rotatable bonds is 5. The quantitative estimate of drug-likeness (QED) is 0.244. The number of nitrogens with one attached hydrogen (secondary N) is 2. The fourth-order valence-electron chi connectivity index (χ4n) is 2.89. The van der Waals surface area contributed by atoms with Crippen LogP contribution in [0.4, 0.5) is 11.4 Å². The smallest absolute Gasteiger partial charge is 0.349 e. The molecule has 5 nitrogen and oxygen atoms in total. The first-order valence-corrected chi connectivity index (χ1v) is 10.8. The number of benzene rings is 3. The van der Waals surface area contributed by atoms with Crippen LogP contribution < -0.4 is 15.4 Å². The van der Waals surface area contributed by atoms with Crippen LogP contribution in [0.3, 0.4) is 0 Å². The lowest BCUT2D eigenvalue weighted by Crippen LogP contribution is -2.18. The van der Waals surface area contributed by atoms with Gasteiger partial charge in [0.2, 0.25) is 0 Å². The van der Waals surface area contributed by atoms with Gasteiger partial charge in [0.15, 0.2) is 5.11 Å². The van der Waals surface area contributed by atoms with Crippen LogP contribution in [-0.2, 0) is 4.74 Å².